The third-order valence-electron chi connectivity index (χ3n) is 5.83. The number of fused-ring (bicyclic) bond motifs is 3. The van der Waals surface area contributed by atoms with Crippen LogP contribution in [0.5, 0.6) is 0 Å². The summed E-state index contributed by atoms with van der Waals surface area (Å²) in [5.74, 6) is -1.74. The summed E-state index contributed by atoms with van der Waals surface area (Å²) in [5, 5.41) is 5.46. The SMILES string of the molecule is CC1C(NC(=O)c2cnc(-c3cccc(NC(=O)C(F)(F)F)c3)s2)C2CCN1CC2. The second kappa shape index (κ2) is 7.99. The lowest BCUT2D eigenvalue weighted by Crippen LogP contribution is -2.62. The first-order valence-corrected chi connectivity index (χ1v) is 10.5. The predicted octanol–water partition coefficient (Wildman–Crippen LogP) is 3.52. The minimum atomic E-state index is -4.96. The molecule has 1 aromatic heterocycles. The highest BCUT2D eigenvalue weighted by Gasteiger charge is 2.41. The summed E-state index contributed by atoms with van der Waals surface area (Å²) in [6, 6.07) is 6.36. The summed E-state index contributed by atoms with van der Waals surface area (Å²) < 4.78 is 37.4. The molecule has 0 spiro atoms. The van der Waals surface area contributed by atoms with E-state index in [0.717, 1.165) is 25.9 Å². The van der Waals surface area contributed by atoms with E-state index in [9.17, 15) is 22.8 Å². The number of anilines is 1. The van der Waals surface area contributed by atoms with Crippen molar-refractivity contribution >= 4 is 28.8 Å². The molecular formula is C20H21F3N4O2S. The van der Waals surface area contributed by atoms with Gasteiger partial charge < -0.3 is 10.6 Å². The zero-order valence-electron chi connectivity index (χ0n) is 16.2. The topological polar surface area (TPSA) is 74.3 Å². The Kier molecular flexibility index (Phi) is 5.54. The number of alkyl halides is 3. The predicted molar refractivity (Wildman–Crippen MR) is 107 cm³/mol. The van der Waals surface area contributed by atoms with Gasteiger partial charge in [0.05, 0.1) is 6.20 Å². The van der Waals surface area contributed by atoms with Gasteiger partial charge in [0.2, 0.25) is 0 Å². The highest BCUT2D eigenvalue weighted by atomic mass is 32.1. The molecule has 5 rings (SSSR count). The Morgan fingerprint density at radius 3 is 2.63 bits per heavy atom. The first-order chi connectivity index (χ1) is 14.2. The highest BCUT2D eigenvalue weighted by Crippen LogP contribution is 2.33. The van der Waals surface area contributed by atoms with Crippen molar-refractivity contribution in [3.05, 3.63) is 35.3 Å². The van der Waals surface area contributed by atoms with E-state index in [4.69, 9.17) is 0 Å². The molecular weight excluding hydrogens is 417 g/mol. The Bertz CT molecular complexity index is 952. The van der Waals surface area contributed by atoms with Crippen LogP contribution < -0.4 is 10.6 Å². The van der Waals surface area contributed by atoms with E-state index in [-0.39, 0.29) is 17.6 Å². The van der Waals surface area contributed by atoms with Crippen molar-refractivity contribution in [2.45, 2.75) is 38.0 Å². The minimum absolute atomic E-state index is 0.0112. The summed E-state index contributed by atoms with van der Waals surface area (Å²) in [4.78, 5) is 31.0. The van der Waals surface area contributed by atoms with Crippen LogP contribution in [0.3, 0.4) is 0 Å². The third kappa shape index (κ3) is 4.20. The molecule has 0 saturated carbocycles. The van der Waals surface area contributed by atoms with Gasteiger partial charge in [-0.15, -0.1) is 11.3 Å². The van der Waals surface area contributed by atoms with Crippen molar-refractivity contribution in [3.8, 4) is 10.6 Å². The molecule has 160 valence electrons. The Morgan fingerprint density at radius 2 is 1.97 bits per heavy atom. The molecule has 3 aliphatic heterocycles. The highest BCUT2D eigenvalue weighted by molar-refractivity contribution is 7.16. The fourth-order valence-corrected chi connectivity index (χ4v) is 5.03. The van der Waals surface area contributed by atoms with Crippen molar-refractivity contribution in [2.24, 2.45) is 5.92 Å². The van der Waals surface area contributed by atoms with Crippen molar-refractivity contribution in [1.82, 2.24) is 15.2 Å². The summed E-state index contributed by atoms with van der Waals surface area (Å²) >= 11 is 1.17. The van der Waals surface area contributed by atoms with Gasteiger partial charge in [0.25, 0.3) is 5.91 Å². The molecule has 3 aliphatic rings. The summed E-state index contributed by atoms with van der Waals surface area (Å²) in [7, 11) is 0. The lowest BCUT2D eigenvalue weighted by atomic mass is 9.79. The second-order valence-electron chi connectivity index (χ2n) is 7.68. The molecule has 2 N–H and O–H groups in total. The van der Waals surface area contributed by atoms with Crippen molar-refractivity contribution < 1.29 is 22.8 Å². The third-order valence-corrected chi connectivity index (χ3v) is 6.88. The number of benzene rings is 1. The Morgan fingerprint density at radius 1 is 1.23 bits per heavy atom. The number of piperidine rings is 3. The number of nitrogens with one attached hydrogen (secondary N) is 2. The van der Waals surface area contributed by atoms with Crippen LogP contribution in [0.2, 0.25) is 0 Å². The molecule has 3 saturated heterocycles. The van der Waals surface area contributed by atoms with Crippen molar-refractivity contribution in [2.75, 3.05) is 18.4 Å². The van der Waals surface area contributed by atoms with Crippen LogP contribution >= 0.6 is 11.3 Å². The average molecular weight is 438 g/mol. The zero-order valence-corrected chi connectivity index (χ0v) is 17.0. The normalized spacial score (nSPS) is 25.7. The number of hydrogen-bond donors (Lipinski definition) is 2. The molecule has 2 aromatic rings. The first-order valence-electron chi connectivity index (χ1n) is 9.72. The van der Waals surface area contributed by atoms with Crippen LogP contribution in [0.1, 0.15) is 29.4 Å². The number of hydrogen-bond acceptors (Lipinski definition) is 5. The fraction of sp³-hybridized carbons (Fsp3) is 0.450. The molecule has 3 fully saturated rings. The molecule has 4 heterocycles. The van der Waals surface area contributed by atoms with Crippen LogP contribution in [0, 0.1) is 5.92 Å². The van der Waals surface area contributed by atoms with E-state index in [1.165, 1.54) is 35.7 Å². The van der Waals surface area contributed by atoms with Crippen LogP contribution in [-0.2, 0) is 4.79 Å². The van der Waals surface area contributed by atoms with Crippen LogP contribution in [0.15, 0.2) is 30.5 Å². The first kappa shape index (κ1) is 20.8. The van der Waals surface area contributed by atoms with E-state index in [1.807, 2.05) is 5.32 Å². The summed E-state index contributed by atoms with van der Waals surface area (Å²) in [6.45, 7) is 4.28. The van der Waals surface area contributed by atoms with Gasteiger partial charge in [-0.3, -0.25) is 14.5 Å². The van der Waals surface area contributed by atoms with Gasteiger partial charge in [-0.05, 0) is 50.9 Å². The van der Waals surface area contributed by atoms with Gasteiger partial charge in [0.15, 0.2) is 0 Å². The monoisotopic (exact) mass is 438 g/mol. The van der Waals surface area contributed by atoms with Crippen molar-refractivity contribution in [1.29, 1.82) is 0 Å². The van der Waals surface area contributed by atoms with Crippen molar-refractivity contribution in [3.63, 3.8) is 0 Å². The number of rotatable bonds is 4. The van der Waals surface area contributed by atoms with Crippen LogP contribution in [-0.4, -0.2) is 53.0 Å². The molecule has 1 aromatic carbocycles. The van der Waals surface area contributed by atoms with Gasteiger partial charge in [-0.1, -0.05) is 12.1 Å². The second-order valence-corrected chi connectivity index (χ2v) is 8.71. The van der Waals surface area contributed by atoms with Crippen LogP contribution in [0.4, 0.5) is 18.9 Å². The fourth-order valence-electron chi connectivity index (χ4n) is 4.21. The molecule has 0 aliphatic carbocycles. The minimum Gasteiger partial charge on any atom is -0.347 e. The van der Waals surface area contributed by atoms with E-state index in [0.29, 0.717) is 27.4 Å². The molecule has 10 heteroatoms. The maximum atomic E-state index is 12.8. The van der Waals surface area contributed by atoms with E-state index in [2.05, 4.69) is 22.1 Å². The zero-order chi connectivity index (χ0) is 21.5. The maximum Gasteiger partial charge on any atom is 0.471 e. The molecule has 2 bridgehead atoms. The number of nitrogens with zero attached hydrogens (tertiary/aromatic N) is 2. The van der Waals surface area contributed by atoms with Gasteiger partial charge >= 0.3 is 12.1 Å². The number of aromatic nitrogens is 1. The Balaban J connectivity index is 1.46. The average Bonchev–Trinajstić information content (AvgIpc) is 3.21. The standard InChI is InChI=1S/C20H21F3N4O2S/c1-11-16(12-5-7-27(11)8-6-12)26-17(28)15-10-24-18(30-15)13-3-2-4-14(9-13)25-19(29)20(21,22)23/h2-4,9-12,16H,5-8H2,1H3,(H,25,29)(H,26,28). The molecule has 2 amide bonds. The number of amides is 2. The number of carbonyl (C=O) groups excluding carboxylic acids is 2. The van der Waals surface area contributed by atoms with Gasteiger partial charge in [0.1, 0.15) is 9.88 Å². The Hall–Kier alpha value is -2.46. The van der Waals surface area contributed by atoms with E-state index >= 15 is 0 Å². The molecule has 30 heavy (non-hydrogen) atoms. The quantitative estimate of drug-likeness (QED) is 0.766. The summed E-state index contributed by atoms with van der Waals surface area (Å²) in [5.41, 5.74) is 0.535. The largest absolute Gasteiger partial charge is 0.471 e. The molecule has 2 unspecified atom stereocenters. The van der Waals surface area contributed by atoms with Gasteiger partial charge in [0, 0.05) is 23.3 Å². The summed E-state index contributed by atoms with van der Waals surface area (Å²) in [6.07, 6.45) is -1.32. The van der Waals surface area contributed by atoms with Crippen LogP contribution in [0.25, 0.3) is 10.6 Å². The number of halogens is 3. The molecule has 0 radical (unpaired) electrons. The van der Waals surface area contributed by atoms with Gasteiger partial charge in [-0.2, -0.15) is 13.2 Å². The van der Waals surface area contributed by atoms with E-state index in [1.54, 1.807) is 6.07 Å². The smallest absolute Gasteiger partial charge is 0.347 e. The number of carbonyl (C=O) groups is 2. The molecule has 6 nitrogen and oxygen atoms in total. The van der Waals surface area contributed by atoms with Gasteiger partial charge in [-0.25, -0.2) is 4.98 Å². The maximum absolute atomic E-state index is 12.8. The lowest BCUT2D eigenvalue weighted by molar-refractivity contribution is -0.167. The molecule has 2 atom stereocenters. The lowest BCUT2D eigenvalue weighted by Gasteiger charge is -2.49. The Labute approximate surface area is 175 Å². The number of thiazole rings is 1. The van der Waals surface area contributed by atoms with E-state index < -0.39 is 12.1 Å².